The largest absolute Gasteiger partial charge is 0.458 e. The predicted octanol–water partition coefficient (Wildman–Crippen LogP) is 9.99. The van der Waals surface area contributed by atoms with E-state index in [1.165, 1.54) is 22.4 Å². The Morgan fingerprint density at radius 1 is 0.745 bits per heavy atom. The molecule has 4 aromatic carbocycles. The number of allylic oxidation sites excluding steroid dienone is 3. The number of nitrogens with zero attached hydrogens (tertiary/aromatic N) is 4. The van der Waals surface area contributed by atoms with E-state index < -0.39 is 0 Å². The van der Waals surface area contributed by atoms with Gasteiger partial charge in [0.2, 0.25) is 0 Å². The highest BCUT2D eigenvalue weighted by Gasteiger charge is 2.39. The van der Waals surface area contributed by atoms with Crippen molar-refractivity contribution in [3.8, 4) is 11.4 Å². The van der Waals surface area contributed by atoms with Gasteiger partial charge in [-0.1, -0.05) is 68.5 Å². The first kappa shape index (κ1) is 26.3. The van der Waals surface area contributed by atoms with Gasteiger partial charge in [-0.3, -0.25) is 4.90 Å². The van der Waals surface area contributed by atoms with E-state index in [1.807, 2.05) is 48.9 Å². The zero-order valence-corrected chi connectivity index (χ0v) is 26.0. The maximum atomic E-state index is 6.61. The van der Waals surface area contributed by atoms with Crippen molar-refractivity contribution in [2.24, 2.45) is 0 Å². The number of furan rings is 1. The second kappa shape index (κ2) is 9.56. The van der Waals surface area contributed by atoms with Gasteiger partial charge in [-0.25, -0.2) is 9.97 Å². The first-order valence-corrected chi connectivity index (χ1v) is 16.1. The Labute approximate surface area is 271 Å². The fourth-order valence-corrected chi connectivity index (χ4v) is 7.86. The number of para-hydroxylation sites is 2. The standard InChI is InChI=1S/C41H30N4O2/c1-41(2)33-13-8-18-42-40(33)45(36-24-38-31(23-34(36)41)30-12-4-6-15-37(30)47-38)25-9-7-10-26(21-25)46-27-16-17-28-29-11-3-5-14-35(29)44-20-19-43-39(44)32(28)22-27/h3-24,28,32H,1-2H3. The lowest BCUT2D eigenvalue weighted by Crippen LogP contribution is -2.31. The fourth-order valence-electron chi connectivity index (χ4n) is 7.86. The lowest BCUT2D eigenvalue weighted by molar-refractivity contribution is 0.431. The van der Waals surface area contributed by atoms with Crippen LogP contribution < -0.4 is 9.64 Å². The van der Waals surface area contributed by atoms with Gasteiger partial charge in [-0.15, -0.1) is 0 Å². The van der Waals surface area contributed by atoms with Crippen molar-refractivity contribution in [3.05, 3.63) is 162 Å². The molecule has 2 aliphatic heterocycles. The molecule has 0 spiro atoms. The van der Waals surface area contributed by atoms with E-state index in [0.717, 1.165) is 56.5 Å². The number of hydrogen-bond donors (Lipinski definition) is 0. The number of benzene rings is 4. The van der Waals surface area contributed by atoms with Gasteiger partial charge in [0.05, 0.1) is 17.1 Å². The summed E-state index contributed by atoms with van der Waals surface area (Å²) in [6, 6.07) is 33.8. The van der Waals surface area contributed by atoms with E-state index in [0.29, 0.717) is 0 Å². The minimum absolute atomic E-state index is 0.0848. The van der Waals surface area contributed by atoms with Crippen molar-refractivity contribution in [1.29, 1.82) is 0 Å². The van der Waals surface area contributed by atoms with Crippen LogP contribution in [0.15, 0.2) is 144 Å². The van der Waals surface area contributed by atoms with E-state index >= 15 is 0 Å². The third kappa shape index (κ3) is 3.78. The summed E-state index contributed by atoms with van der Waals surface area (Å²) in [6.45, 7) is 4.56. The SMILES string of the molecule is CC1(C)c2cc3c(cc2N(c2cccc(OC4=CC5c6nccn6-c6ccccc6C5C=C4)c2)c2ncccc21)oc1ccccc13. The molecule has 10 rings (SSSR count). The molecule has 5 heterocycles. The minimum atomic E-state index is -0.269. The quantitative estimate of drug-likeness (QED) is 0.199. The molecule has 3 aromatic heterocycles. The molecule has 0 N–H and O–H groups in total. The molecule has 0 saturated heterocycles. The van der Waals surface area contributed by atoms with Crippen molar-refractivity contribution in [2.45, 2.75) is 31.1 Å². The van der Waals surface area contributed by atoms with Crippen molar-refractivity contribution >= 4 is 39.1 Å². The molecular weight excluding hydrogens is 580 g/mol. The van der Waals surface area contributed by atoms with E-state index in [1.54, 1.807) is 0 Å². The van der Waals surface area contributed by atoms with Gasteiger partial charge in [0.1, 0.15) is 34.3 Å². The van der Waals surface area contributed by atoms with Crippen LogP contribution in [0.2, 0.25) is 0 Å². The molecule has 2 unspecified atom stereocenters. The van der Waals surface area contributed by atoms with Crippen LogP contribution >= 0.6 is 0 Å². The number of ether oxygens (including phenoxy) is 1. The van der Waals surface area contributed by atoms with Crippen LogP contribution in [0.3, 0.4) is 0 Å². The molecule has 2 atom stereocenters. The number of anilines is 3. The predicted molar refractivity (Wildman–Crippen MR) is 185 cm³/mol. The molecule has 1 aliphatic carbocycles. The Morgan fingerprint density at radius 3 is 2.60 bits per heavy atom. The molecule has 47 heavy (non-hydrogen) atoms. The number of aromatic nitrogens is 3. The maximum absolute atomic E-state index is 6.61. The average molecular weight is 611 g/mol. The monoisotopic (exact) mass is 610 g/mol. The summed E-state index contributed by atoms with van der Waals surface area (Å²) < 4.78 is 15.2. The molecule has 6 nitrogen and oxygen atoms in total. The summed E-state index contributed by atoms with van der Waals surface area (Å²) in [4.78, 5) is 11.9. The first-order valence-electron chi connectivity index (χ1n) is 16.1. The summed E-state index contributed by atoms with van der Waals surface area (Å²) >= 11 is 0. The van der Waals surface area contributed by atoms with Crippen LogP contribution in [0, 0.1) is 0 Å². The Hall–Kier alpha value is -5.88. The number of hydrogen-bond acceptors (Lipinski definition) is 5. The highest BCUT2D eigenvalue weighted by molar-refractivity contribution is 6.07. The van der Waals surface area contributed by atoms with Crippen molar-refractivity contribution in [2.75, 3.05) is 4.90 Å². The Kier molecular flexibility index (Phi) is 5.36. The van der Waals surface area contributed by atoms with Crippen molar-refractivity contribution in [3.63, 3.8) is 0 Å². The Bertz CT molecular complexity index is 2460. The minimum Gasteiger partial charge on any atom is -0.458 e. The van der Waals surface area contributed by atoms with Crippen LogP contribution in [-0.2, 0) is 5.41 Å². The maximum Gasteiger partial charge on any atom is 0.141 e. The number of fused-ring (bicyclic) bond motifs is 11. The number of pyridine rings is 1. The molecule has 226 valence electrons. The highest BCUT2D eigenvalue weighted by Crippen LogP contribution is 2.53. The summed E-state index contributed by atoms with van der Waals surface area (Å²) in [5, 5.41) is 2.25. The van der Waals surface area contributed by atoms with Gasteiger partial charge < -0.3 is 13.7 Å². The van der Waals surface area contributed by atoms with E-state index in [-0.39, 0.29) is 17.3 Å². The summed E-state index contributed by atoms with van der Waals surface area (Å²) in [5.74, 6) is 3.79. The highest BCUT2D eigenvalue weighted by atomic mass is 16.5. The van der Waals surface area contributed by atoms with Gasteiger partial charge in [0.25, 0.3) is 0 Å². The second-order valence-electron chi connectivity index (χ2n) is 13.1. The normalized spacial score (nSPS) is 18.6. The fraction of sp³-hybridized carbons (Fsp3) is 0.122. The molecule has 0 radical (unpaired) electrons. The smallest absolute Gasteiger partial charge is 0.141 e. The number of imidazole rings is 1. The van der Waals surface area contributed by atoms with Gasteiger partial charge >= 0.3 is 0 Å². The van der Waals surface area contributed by atoms with E-state index in [2.05, 4.69) is 108 Å². The van der Waals surface area contributed by atoms with Crippen LogP contribution in [0.1, 0.15) is 48.2 Å². The molecule has 3 aliphatic rings. The lowest BCUT2D eigenvalue weighted by Gasteiger charge is -2.41. The van der Waals surface area contributed by atoms with E-state index in [9.17, 15) is 0 Å². The molecule has 7 aromatic rings. The van der Waals surface area contributed by atoms with Crippen LogP contribution in [-0.4, -0.2) is 14.5 Å². The Balaban J connectivity index is 1.07. The first-order chi connectivity index (χ1) is 23.0. The van der Waals surface area contributed by atoms with Gasteiger partial charge in [0.15, 0.2) is 0 Å². The summed E-state index contributed by atoms with van der Waals surface area (Å²) in [6.07, 6.45) is 12.4. The second-order valence-corrected chi connectivity index (χ2v) is 13.1. The van der Waals surface area contributed by atoms with Crippen molar-refractivity contribution in [1.82, 2.24) is 14.5 Å². The number of rotatable bonds is 3. The zero-order valence-electron chi connectivity index (χ0n) is 26.0. The summed E-state index contributed by atoms with van der Waals surface area (Å²) in [5.41, 5.74) is 8.38. The third-order valence-corrected chi connectivity index (χ3v) is 10.1. The molecule has 0 amide bonds. The zero-order chi connectivity index (χ0) is 31.3. The van der Waals surface area contributed by atoms with Crippen LogP contribution in [0.5, 0.6) is 5.75 Å². The van der Waals surface area contributed by atoms with Crippen LogP contribution in [0.25, 0.3) is 27.6 Å². The van der Waals surface area contributed by atoms with Gasteiger partial charge in [-0.05, 0) is 59.7 Å². The third-order valence-electron chi connectivity index (χ3n) is 10.1. The van der Waals surface area contributed by atoms with Gasteiger partial charge in [0, 0.05) is 64.3 Å². The topological polar surface area (TPSA) is 56.3 Å². The lowest BCUT2D eigenvalue weighted by atomic mass is 9.74. The van der Waals surface area contributed by atoms with Gasteiger partial charge in [-0.2, -0.15) is 0 Å². The average Bonchev–Trinajstić information content (AvgIpc) is 3.74. The van der Waals surface area contributed by atoms with Crippen LogP contribution in [0.4, 0.5) is 17.2 Å². The molecule has 0 saturated carbocycles. The molecule has 0 bridgehead atoms. The van der Waals surface area contributed by atoms with Crippen molar-refractivity contribution < 1.29 is 9.15 Å². The molecule has 6 heteroatoms. The van der Waals surface area contributed by atoms with E-state index in [4.69, 9.17) is 19.1 Å². The Morgan fingerprint density at radius 2 is 1.64 bits per heavy atom. The molecular formula is C41H30N4O2. The molecule has 0 fully saturated rings. The summed E-state index contributed by atoms with van der Waals surface area (Å²) in [7, 11) is 0.